The zero-order chi connectivity index (χ0) is 17.5. The van der Waals surface area contributed by atoms with Gasteiger partial charge < -0.3 is 15.5 Å². The molecule has 0 amide bonds. The third-order valence-corrected chi connectivity index (χ3v) is 4.51. The second-order valence-corrected chi connectivity index (χ2v) is 6.47. The van der Waals surface area contributed by atoms with Gasteiger partial charge in [-0.1, -0.05) is 30.3 Å². The van der Waals surface area contributed by atoms with Crippen molar-refractivity contribution < 1.29 is 19.8 Å². The van der Waals surface area contributed by atoms with Crippen LogP contribution in [0, 0.1) is 0 Å². The van der Waals surface area contributed by atoms with Crippen LogP contribution in [0.1, 0.15) is 31.7 Å². The number of carboxylic acid groups (broad SMARTS) is 2. The van der Waals surface area contributed by atoms with E-state index in [4.69, 9.17) is 0 Å². The molecule has 0 aromatic heterocycles. The minimum atomic E-state index is -0.867. The summed E-state index contributed by atoms with van der Waals surface area (Å²) in [4.78, 5) is 24.6. The van der Waals surface area contributed by atoms with Crippen molar-refractivity contribution >= 4 is 11.9 Å². The summed E-state index contributed by atoms with van der Waals surface area (Å²) >= 11 is 0. The highest BCUT2D eigenvalue weighted by Crippen LogP contribution is 2.17. The first kappa shape index (κ1) is 18.4. The fourth-order valence-electron chi connectivity index (χ4n) is 3.31. The predicted molar refractivity (Wildman–Crippen MR) is 91.0 cm³/mol. The first-order chi connectivity index (χ1) is 11.5. The molecule has 132 valence electrons. The van der Waals surface area contributed by atoms with E-state index in [-0.39, 0.29) is 6.04 Å². The van der Waals surface area contributed by atoms with Crippen molar-refractivity contribution in [2.45, 2.75) is 50.7 Å². The highest BCUT2D eigenvalue weighted by Gasteiger charge is 2.31. The number of carboxylic acids is 2. The molecule has 1 aliphatic heterocycles. The minimum Gasteiger partial charge on any atom is -0.480 e. The summed E-state index contributed by atoms with van der Waals surface area (Å²) in [5, 5.41) is 21.8. The summed E-state index contributed by atoms with van der Waals surface area (Å²) in [6, 6.07) is 8.65. The van der Waals surface area contributed by atoms with Crippen molar-refractivity contribution in [2.24, 2.45) is 0 Å². The first-order valence-corrected chi connectivity index (χ1v) is 8.47. The van der Waals surface area contributed by atoms with Gasteiger partial charge >= 0.3 is 11.9 Å². The first-order valence-electron chi connectivity index (χ1n) is 8.47. The summed E-state index contributed by atoms with van der Waals surface area (Å²) in [6.07, 6.45) is 2.74. The van der Waals surface area contributed by atoms with Crippen LogP contribution in [0.2, 0.25) is 0 Å². The van der Waals surface area contributed by atoms with Crippen LogP contribution in [-0.4, -0.2) is 58.3 Å². The van der Waals surface area contributed by atoms with Gasteiger partial charge in [-0.2, -0.15) is 0 Å². The maximum Gasteiger partial charge on any atom is 0.320 e. The number of carbonyl (C=O) groups is 2. The molecule has 6 nitrogen and oxygen atoms in total. The molecule has 2 rings (SSSR count). The maximum atomic E-state index is 11.5. The highest BCUT2D eigenvalue weighted by molar-refractivity contribution is 5.74. The van der Waals surface area contributed by atoms with E-state index < -0.39 is 24.0 Å². The molecule has 1 aromatic rings. The van der Waals surface area contributed by atoms with Gasteiger partial charge in [0.1, 0.15) is 12.1 Å². The number of hydrogen-bond donors (Lipinski definition) is 3. The van der Waals surface area contributed by atoms with E-state index in [0.29, 0.717) is 25.8 Å². The van der Waals surface area contributed by atoms with Gasteiger partial charge in [0.15, 0.2) is 0 Å². The predicted octanol–water partition coefficient (Wildman–Crippen LogP) is 1.60. The Bertz CT molecular complexity index is 549. The Balaban J connectivity index is 1.85. The Morgan fingerprint density at radius 2 is 2.00 bits per heavy atom. The van der Waals surface area contributed by atoms with Gasteiger partial charge in [0.2, 0.25) is 0 Å². The van der Waals surface area contributed by atoms with E-state index in [1.807, 2.05) is 42.2 Å². The Labute approximate surface area is 142 Å². The van der Waals surface area contributed by atoms with Crippen LogP contribution in [0.5, 0.6) is 0 Å². The topological polar surface area (TPSA) is 89.9 Å². The number of nitrogens with zero attached hydrogens (tertiary/aromatic N) is 1. The lowest BCUT2D eigenvalue weighted by Gasteiger charge is -2.27. The molecule has 1 saturated heterocycles. The molecule has 3 N–H and O–H groups in total. The third kappa shape index (κ3) is 5.32. The lowest BCUT2D eigenvalue weighted by atomic mass is 10.0. The third-order valence-electron chi connectivity index (χ3n) is 4.51. The van der Waals surface area contributed by atoms with E-state index >= 15 is 0 Å². The van der Waals surface area contributed by atoms with Crippen LogP contribution in [-0.2, 0) is 16.0 Å². The molecule has 0 aliphatic carbocycles. The highest BCUT2D eigenvalue weighted by atomic mass is 16.4. The molecule has 0 spiro atoms. The molecule has 0 saturated carbocycles. The average Bonchev–Trinajstić information content (AvgIpc) is 3.00. The number of hydrogen-bond acceptors (Lipinski definition) is 4. The van der Waals surface area contributed by atoms with Crippen LogP contribution in [0.4, 0.5) is 0 Å². The Morgan fingerprint density at radius 1 is 1.29 bits per heavy atom. The molecule has 1 aromatic carbocycles. The van der Waals surface area contributed by atoms with Crippen molar-refractivity contribution in [3.8, 4) is 0 Å². The van der Waals surface area contributed by atoms with Gasteiger partial charge in [-0.15, -0.1) is 0 Å². The van der Waals surface area contributed by atoms with Crippen LogP contribution >= 0.6 is 0 Å². The number of nitrogens with one attached hydrogen (secondary N) is 1. The van der Waals surface area contributed by atoms with E-state index in [9.17, 15) is 19.8 Å². The monoisotopic (exact) mass is 334 g/mol. The standard InChI is InChI=1S/C18H26N2O4/c1-13(12-20-11-5-8-16(20)18(23)24)19-15(17(21)22)10-9-14-6-3-2-4-7-14/h2-4,6-7,13,15-16,19H,5,8-12H2,1H3,(H,21,22)(H,23,24)/t13-,15+,16+/m0/s1. The number of benzene rings is 1. The molecule has 0 unspecified atom stereocenters. The molecule has 0 radical (unpaired) electrons. The average molecular weight is 334 g/mol. The number of aryl methyl sites for hydroxylation is 1. The fourth-order valence-corrected chi connectivity index (χ4v) is 3.31. The van der Waals surface area contributed by atoms with Crippen LogP contribution in [0.25, 0.3) is 0 Å². The van der Waals surface area contributed by atoms with Crippen molar-refractivity contribution in [2.75, 3.05) is 13.1 Å². The van der Waals surface area contributed by atoms with Gasteiger partial charge in [-0.25, -0.2) is 0 Å². The van der Waals surface area contributed by atoms with E-state index in [2.05, 4.69) is 5.32 Å². The van der Waals surface area contributed by atoms with Crippen molar-refractivity contribution in [1.29, 1.82) is 0 Å². The maximum absolute atomic E-state index is 11.5. The minimum absolute atomic E-state index is 0.0816. The van der Waals surface area contributed by atoms with Gasteiger partial charge in [0, 0.05) is 12.6 Å². The van der Waals surface area contributed by atoms with Crippen LogP contribution < -0.4 is 5.32 Å². The van der Waals surface area contributed by atoms with Crippen LogP contribution in [0.15, 0.2) is 30.3 Å². The van der Waals surface area contributed by atoms with Crippen molar-refractivity contribution in [3.05, 3.63) is 35.9 Å². The van der Waals surface area contributed by atoms with E-state index in [0.717, 1.165) is 18.5 Å². The Kier molecular flexibility index (Phi) is 6.75. The van der Waals surface area contributed by atoms with Gasteiger partial charge in [-0.05, 0) is 44.7 Å². The summed E-state index contributed by atoms with van der Waals surface area (Å²) in [5.41, 5.74) is 1.11. The van der Waals surface area contributed by atoms with Gasteiger partial charge in [-0.3, -0.25) is 14.5 Å². The quantitative estimate of drug-likeness (QED) is 0.635. The molecule has 24 heavy (non-hydrogen) atoms. The molecule has 1 fully saturated rings. The molecule has 1 heterocycles. The zero-order valence-corrected chi connectivity index (χ0v) is 14.0. The second-order valence-electron chi connectivity index (χ2n) is 6.47. The van der Waals surface area contributed by atoms with Gasteiger partial charge in [0.05, 0.1) is 0 Å². The summed E-state index contributed by atoms with van der Waals surface area (Å²) in [6.45, 7) is 3.21. The zero-order valence-electron chi connectivity index (χ0n) is 14.0. The fraction of sp³-hybridized carbons (Fsp3) is 0.556. The molecular weight excluding hydrogens is 308 g/mol. The van der Waals surface area contributed by atoms with E-state index in [1.54, 1.807) is 0 Å². The molecule has 0 bridgehead atoms. The smallest absolute Gasteiger partial charge is 0.320 e. The number of likely N-dealkylation sites (tertiary alicyclic amines) is 1. The number of rotatable bonds is 9. The molecular formula is C18H26N2O4. The molecule has 1 aliphatic rings. The SMILES string of the molecule is C[C@@H](CN1CCC[C@@H]1C(=O)O)N[C@H](CCc1ccccc1)C(=O)O. The normalized spacial score (nSPS) is 20.6. The van der Waals surface area contributed by atoms with Gasteiger partial charge in [0.25, 0.3) is 0 Å². The lowest BCUT2D eigenvalue weighted by molar-refractivity contribution is -0.143. The summed E-state index contributed by atoms with van der Waals surface area (Å²) < 4.78 is 0. The van der Waals surface area contributed by atoms with E-state index in [1.165, 1.54) is 0 Å². The second kappa shape index (κ2) is 8.80. The van der Waals surface area contributed by atoms with Crippen LogP contribution in [0.3, 0.4) is 0 Å². The van der Waals surface area contributed by atoms with Crippen molar-refractivity contribution in [1.82, 2.24) is 10.2 Å². The Hall–Kier alpha value is -1.92. The number of aliphatic carboxylic acids is 2. The summed E-state index contributed by atoms with van der Waals surface area (Å²) in [7, 11) is 0. The summed E-state index contributed by atoms with van der Waals surface area (Å²) in [5.74, 6) is -1.66. The molecule has 3 atom stereocenters. The largest absolute Gasteiger partial charge is 0.480 e. The Morgan fingerprint density at radius 3 is 2.62 bits per heavy atom. The lowest BCUT2D eigenvalue weighted by Crippen LogP contribution is -2.49. The van der Waals surface area contributed by atoms with Crippen molar-refractivity contribution in [3.63, 3.8) is 0 Å². The molecule has 6 heteroatoms.